The summed E-state index contributed by atoms with van der Waals surface area (Å²) in [7, 11) is 1.79. The van der Waals surface area contributed by atoms with Gasteiger partial charge in [0.25, 0.3) is 5.91 Å². The Bertz CT molecular complexity index is 681. The molecule has 0 aliphatic rings. The van der Waals surface area contributed by atoms with Gasteiger partial charge in [0.1, 0.15) is 0 Å². The van der Waals surface area contributed by atoms with Crippen molar-refractivity contribution in [2.75, 3.05) is 6.54 Å². The van der Waals surface area contributed by atoms with Gasteiger partial charge < -0.3 is 10.4 Å². The third-order valence-corrected chi connectivity index (χ3v) is 2.89. The highest BCUT2D eigenvalue weighted by Crippen LogP contribution is 2.28. The van der Waals surface area contributed by atoms with E-state index in [0.717, 1.165) is 11.8 Å². The van der Waals surface area contributed by atoms with Gasteiger partial charge in [-0.2, -0.15) is 5.10 Å². The Morgan fingerprint density at radius 3 is 2.86 bits per heavy atom. The van der Waals surface area contributed by atoms with Gasteiger partial charge in [-0.05, 0) is 12.1 Å². The van der Waals surface area contributed by atoms with E-state index < -0.39 is 22.3 Å². The van der Waals surface area contributed by atoms with Crippen LogP contribution in [-0.2, 0) is 13.5 Å². The number of carbonyl (C=O) groups excluding carboxylic acids is 1. The number of nitrogens with zero attached hydrogens (tertiary/aromatic N) is 3. The second-order valence-electron chi connectivity index (χ2n) is 4.42. The molecule has 1 aromatic carbocycles. The van der Waals surface area contributed by atoms with Crippen LogP contribution in [0.4, 0.5) is 5.69 Å². The van der Waals surface area contributed by atoms with Crippen LogP contribution < -0.4 is 5.32 Å². The van der Waals surface area contributed by atoms with Gasteiger partial charge in [0, 0.05) is 32.3 Å². The first-order chi connectivity index (χ1) is 9.99. The van der Waals surface area contributed by atoms with Crippen LogP contribution in [0, 0.1) is 10.1 Å². The fourth-order valence-electron chi connectivity index (χ4n) is 1.86. The van der Waals surface area contributed by atoms with Crippen molar-refractivity contribution in [1.82, 2.24) is 15.1 Å². The number of phenols is 1. The largest absolute Gasteiger partial charge is 0.502 e. The number of phenolic OH excluding ortho intramolecular Hbond substituents is 1. The normalized spacial score (nSPS) is 10.3. The van der Waals surface area contributed by atoms with Gasteiger partial charge >= 0.3 is 5.69 Å². The predicted molar refractivity (Wildman–Crippen MR) is 74.0 cm³/mol. The molecule has 110 valence electrons. The van der Waals surface area contributed by atoms with Crippen molar-refractivity contribution >= 4 is 11.6 Å². The lowest BCUT2D eigenvalue weighted by Gasteiger charge is -2.06. The molecule has 1 heterocycles. The van der Waals surface area contributed by atoms with Gasteiger partial charge in [-0.15, -0.1) is 0 Å². The highest BCUT2D eigenvalue weighted by atomic mass is 16.6. The Kier molecular flexibility index (Phi) is 4.17. The molecule has 8 nitrogen and oxygen atoms in total. The molecule has 0 fully saturated rings. The van der Waals surface area contributed by atoms with Crippen molar-refractivity contribution in [2.24, 2.45) is 7.05 Å². The number of amides is 1. The third kappa shape index (κ3) is 3.35. The standard InChI is InChI=1S/C13H14N4O4/c1-16-8-6-9(15-16)5-7-14-13(19)10-3-2-4-11(12(10)18)17(20)21/h2-4,6,8,18H,5,7H2,1H3,(H,14,19). The lowest BCUT2D eigenvalue weighted by atomic mass is 10.1. The number of aromatic hydroxyl groups is 1. The van der Waals surface area contributed by atoms with Crippen LogP contribution >= 0.6 is 0 Å². The van der Waals surface area contributed by atoms with Gasteiger partial charge in [0.2, 0.25) is 5.75 Å². The first-order valence-electron chi connectivity index (χ1n) is 6.22. The molecule has 0 unspecified atom stereocenters. The Balaban J connectivity index is 2.00. The second-order valence-corrected chi connectivity index (χ2v) is 4.42. The lowest BCUT2D eigenvalue weighted by Crippen LogP contribution is -2.26. The maximum absolute atomic E-state index is 11.9. The molecular weight excluding hydrogens is 276 g/mol. The second kappa shape index (κ2) is 6.04. The number of aryl methyl sites for hydroxylation is 1. The maximum Gasteiger partial charge on any atom is 0.311 e. The summed E-state index contributed by atoms with van der Waals surface area (Å²) in [5, 5.41) is 27.2. The maximum atomic E-state index is 11.9. The van der Waals surface area contributed by atoms with Gasteiger partial charge in [0.05, 0.1) is 16.2 Å². The number of nitro groups is 1. The summed E-state index contributed by atoms with van der Waals surface area (Å²) in [6.45, 7) is 0.317. The third-order valence-electron chi connectivity index (χ3n) is 2.89. The van der Waals surface area contributed by atoms with Crippen LogP contribution in [0.25, 0.3) is 0 Å². The smallest absolute Gasteiger partial charge is 0.311 e. The van der Waals surface area contributed by atoms with Crippen molar-refractivity contribution in [3.8, 4) is 5.75 Å². The molecule has 1 amide bonds. The molecular formula is C13H14N4O4. The van der Waals surface area contributed by atoms with E-state index >= 15 is 0 Å². The van der Waals surface area contributed by atoms with E-state index in [2.05, 4.69) is 10.4 Å². The summed E-state index contributed by atoms with van der Waals surface area (Å²) in [6.07, 6.45) is 2.33. The summed E-state index contributed by atoms with van der Waals surface area (Å²) in [6, 6.07) is 5.65. The zero-order valence-electron chi connectivity index (χ0n) is 11.3. The van der Waals surface area contributed by atoms with E-state index in [0.29, 0.717) is 13.0 Å². The first kappa shape index (κ1) is 14.5. The molecule has 0 spiro atoms. The fraction of sp³-hybridized carbons (Fsp3) is 0.231. The van der Waals surface area contributed by atoms with Gasteiger partial charge in [-0.25, -0.2) is 0 Å². The van der Waals surface area contributed by atoms with E-state index in [1.165, 1.54) is 12.1 Å². The highest BCUT2D eigenvalue weighted by Gasteiger charge is 2.20. The molecule has 2 N–H and O–H groups in total. The van der Waals surface area contributed by atoms with Crippen LogP contribution in [-0.4, -0.2) is 32.3 Å². The summed E-state index contributed by atoms with van der Waals surface area (Å²) in [5.41, 5.74) is 0.207. The SMILES string of the molecule is Cn1ccc(CCNC(=O)c2cccc([N+](=O)[O-])c2O)n1. The molecule has 8 heteroatoms. The Morgan fingerprint density at radius 2 is 2.24 bits per heavy atom. The zero-order valence-corrected chi connectivity index (χ0v) is 11.3. The van der Waals surface area contributed by atoms with Crippen molar-refractivity contribution in [3.05, 3.63) is 51.8 Å². The number of carbonyl (C=O) groups is 1. The molecule has 0 aliphatic carbocycles. The molecule has 21 heavy (non-hydrogen) atoms. The van der Waals surface area contributed by atoms with Crippen LogP contribution in [0.3, 0.4) is 0 Å². The van der Waals surface area contributed by atoms with Gasteiger partial charge in [-0.1, -0.05) is 6.07 Å². The minimum Gasteiger partial charge on any atom is -0.502 e. The van der Waals surface area contributed by atoms with E-state index in [9.17, 15) is 20.0 Å². The molecule has 0 bridgehead atoms. The van der Waals surface area contributed by atoms with Crippen molar-refractivity contribution in [2.45, 2.75) is 6.42 Å². The summed E-state index contributed by atoms with van der Waals surface area (Å²) >= 11 is 0. The topological polar surface area (TPSA) is 110 Å². The van der Waals surface area contributed by atoms with E-state index in [1.807, 2.05) is 6.07 Å². The Morgan fingerprint density at radius 1 is 1.48 bits per heavy atom. The summed E-state index contributed by atoms with van der Waals surface area (Å²) in [5.74, 6) is -1.19. The minimum atomic E-state index is -0.736. The molecule has 2 aromatic rings. The number of rotatable bonds is 5. The average molecular weight is 290 g/mol. The summed E-state index contributed by atoms with van der Waals surface area (Å²) in [4.78, 5) is 21.9. The van der Waals surface area contributed by atoms with Gasteiger partial charge in [0.15, 0.2) is 0 Å². The summed E-state index contributed by atoms with van der Waals surface area (Å²) < 4.78 is 1.66. The van der Waals surface area contributed by atoms with Crippen LogP contribution in [0.5, 0.6) is 5.75 Å². The predicted octanol–water partition coefficient (Wildman–Crippen LogP) is 1.01. The van der Waals surface area contributed by atoms with E-state index in [-0.39, 0.29) is 5.56 Å². The number of para-hydroxylation sites is 1. The van der Waals surface area contributed by atoms with Crippen LogP contribution in [0.15, 0.2) is 30.5 Å². The van der Waals surface area contributed by atoms with Gasteiger partial charge in [-0.3, -0.25) is 19.6 Å². The van der Waals surface area contributed by atoms with Crippen molar-refractivity contribution < 1.29 is 14.8 Å². The number of hydrogen-bond acceptors (Lipinski definition) is 5. The Hall–Kier alpha value is -2.90. The molecule has 0 saturated heterocycles. The highest BCUT2D eigenvalue weighted by molar-refractivity contribution is 5.98. The molecule has 0 atom stereocenters. The number of aromatic nitrogens is 2. The molecule has 0 aliphatic heterocycles. The van der Waals surface area contributed by atoms with Crippen LogP contribution in [0.1, 0.15) is 16.1 Å². The van der Waals surface area contributed by atoms with E-state index in [4.69, 9.17) is 0 Å². The number of nitro benzene ring substituents is 1. The van der Waals surface area contributed by atoms with Crippen molar-refractivity contribution in [1.29, 1.82) is 0 Å². The zero-order chi connectivity index (χ0) is 15.4. The fourth-order valence-corrected chi connectivity index (χ4v) is 1.86. The number of benzene rings is 1. The van der Waals surface area contributed by atoms with Crippen LogP contribution in [0.2, 0.25) is 0 Å². The quantitative estimate of drug-likeness (QED) is 0.630. The first-order valence-corrected chi connectivity index (χ1v) is 6.22. The average Bonchev–Trinajstić information content (AvgIpc) is 2.84. The molecule has 0 saturated carbocycles. The lowest BCUT2D eigenvalue weighted by molar-refractivity contribution is -0.385. The molecule has 1 aromatic heterocycles. The number of hydrogen-bond donors (Lipinski definition) is 2. The Labute approximate surface area is 120 Å². The molecule has 0 radical (unpaired) electrons. The molecule has 2 rings (SSSR count). The van der Waals surface area contributed by atoms with Crippen molar-refractivity contribution in [3.63, 3.8) is 0 Å². The number of nitrogens with one attached hydrogen (secondary N) is 1. The minimum absolute atomic E-state index is 0.120. The monoisotopic (exact) mass is 290 g/mol. The van der Waals surface area contributed by atoms with E-state index in [1.54, 1.807) is 17.9 Å².